The molecule has 3 aromatic rings. The predicted molar refractivity (Wildman–Crippen MR) is 114 cm³/mol. The van der Waals surface area contributed by atoms with E-state index in [9.17, 15) is 14.3 Å². The molecular weight excluding hydrogens is 391 g/mol. The molecule has 0 aliphatic heterocycles. The molecule has 5 nitrogen and oxygen atoms in total. The van der Waals surface area contributed by atoms with E-state index in [1.54, 1.807) is 28.8 Å². The third-order valence-corrected chi connectivity index (χ3v) is 5.84. The fourth-order valence-corrected chi connectivity index (χ4v) is 3.94. The Morgan fingerprint density at radius 3 is 2.69 bits per heavy atom. The van der Waals surface area contributed by atoms with Crippen LogP contribution < -0.4 is 5.56 Å². The zero-order chi connectivity index (χ0) is 20.8. The SMILES string of the molecule is CC[C@H](C)n1c(SC[C@@H](O)COCc2ccccc2F)nc2ccccc2c1=O. The van der Waals surface area contributed by atoms with Gasteiger partial charge in [0, 0.05) is 17.4 Å². The second kappa shape index (κ2) is 10.0. The predicted octanol–water partition coefficient (Wildman–Crippen LogP) is 4.18. The molecule has 0 radical (unpaired) electrons. The van der Waals surface area contributed by atoms with Gasteiger partial charge in [0.1, 0.15) is 5.82 Å². The van der Waals surface area contributed by atoms with Gasteiger partial charge in [0.2, 0.25) is 0 Å². The number of para-hydroxylation sites is 1. The fraction of sp³-hybridized carbons (Fsp3) is 0.364. The summed E-state index contributed by atoms with van der Waals surface area (Å²) in [7, 11) is 0. The molecule has 7 heteroatoms. The summed E-state index contributed by atoms with van der Waals surface area (Å²) in [4.78, 5) is 17.6. The zero-order valence-electron chi connectivity index (χ0n) is 16.5. The summed E-state index contributed by atoms with van der Waals surface area (Å²) >= 11 is 1.33. The van der Waals surface area contributed by atoms with Crippen molar-refractivity contribution in [3.05, 3.63) is 70.3 Å². The van der Waals surface area contributed by atoms with Gasteiger partial charge in [0.05, 0.1) is 30.2 Å². The molecule has 0 unspecified atom stereocenters. The average Bonchev–Trinajstić information content (AvgIpc) is 2.73. The van der Waals surface area contributed by atoms with E-state index in [0.717, 1.165) is 6.42 Å². The first-order chi connectivity index (χ1) is 14.0. The molecule has 2 aromatic carbocycles. The summed E-state index contributed by atoms with van der Waals surface area (Å²) in [5, 5.41) is 11.4. The van der Waals surface area contributed by atoms with E-state index in [1.165, 1.54) is 17.8 Å². The third kappa shape index (κ3) is 5.23. The number of hydrogen-bond acceptors (Lipinski definition) is 5. The molecule has 29 heavy (non-hydrogen) atoms. The molecule has 3 rings (SSSR count). The van der Waals surface area contributed by atoms with Crippen molar-refractivity contribution in [3.63, 3.8) is 0 Å². The first-order valence-electron chi connectivity index (χ1n) is 9.64. The minimum absolute atomic E-state index is 0.00319. The van der Waals surface area contributed by atoms with E-state index in [2.05, 4.69) is 4.98 Å². The van der Waals surface area contributed by atoms with Crippen LogP contribution in [0, 0.1) is 5.82 Å². The fourth-order valence-electron chi connectivity index (χ4n) is 2.94. The smallest absolute Gasteiger partial charge is 0.262 e. The summed E-state index contributed by atoms with van der Waals surface area (Å²) in [5.41, 5.74) is 1.02. The van der Waals surface area contributed by atoms with Crippen molar-refractivity contribution in [3.8, 4) is 0 Å². The molecule has 0 saturated heterocycles. The Morgan fingerprint density at radius 1 is 1.21 bits per heavy atom. The number of aliphatic hydroxyl groups excluding tert-OH is 1. The molecule has 0 spiro atoms. The molecule has 2 atom stereocenters. The highest BCUT2D eigenvalue weighted by Gasteiger charge is 2.17. The van der Waals surface area contributed by atoms with E-state index in [-0.39, 0.29) is 30.6 Å². The largest absolute Gasteiger partial charge is 0.390 e. The van der Waals surface area contributed by atoms with E-state index in [0.29, 0.717) is 27.4 Å². The Labute approximate surface area is 173 Å². The first kappa shape index (κ1) is 21.5. The average molecular weight is 417 g/mol. The lowest BCUT2D eigenvalue weighted by molar-refractivity contribution is 0.0386. The number of aliphatic hydroxyl groups is 1. The van der Waals surface area contributed by atoms with Crippen LogP contribution in [0.1, 0.15) is 31.9 Å². The molecular formula is C22H25FN2O3S. The standard InChI is InChI=1S/C22H25FN2O3S/c1-3-15(2)25-21(27)18-9-5-7-11-20(18)24-22(25)29-14-17(26)13-28-12-16-8-4-6-10-19(16)23/h4-11,15,17,26H,3,12-14H2,1-2H3/t15-,17-/m0/s1. The molecule has 0 saturated carbocycles. The van der Waals surface area contributed by atoms with Crippen LogP contribution in [0.5, 0.6) is 0 Å². The number of thioether (sulfide) groups is 1. The topological polar surface area (TPSA) is 64.3 Å². The number of nitrogens with zero attached hydrogens (tertiary/aromatic N) is 2. The van der Waals surface area contributed by atoms with E-state index in [4.69, 9.17) is 4.74 Å². The van der Waals surface area contributed by atoms with Crippen molar-refractivity contribution >= 4 is 22.7 Å². The van der Waals surface area contributed by atoms with Gasteiger partial charge < -0.3 is 9.84 Å². The summed E-state index contributed by atoms with van der Waals surface area (Å²) in [6.45, 7) is 4.17. The number of ether oxygens (including phenoxy) is 1. The van der Waals surface area contributed by atoms with Gasteiger partial charge >= 0.3 is 0 Å². The maximum absolute atomic E-state index is 13.6. The minimum Gasteiger partial charge on any atom is -0.390 e. The maximum Gasteiger partial charge on any atom is 0.262 e. The number of rotatable bonds is 9. The van der Waals surface area contributed by atoms with Crippen LogP contribution in [0.15, 0.2) is 58.5 Å². The summed E-state index contributed by atoms with van der Waals surface area (Å²) in [6, 6.07) is 13.7. The van der Waals surface area contributed by atoms with Crippen molar-refractivity contribution in [1.82, 2.24) is 9.55 Å². The summed E-state index contributed by atoms with van der Waals surface area (Å²) in [6.07, 6.45) is 0.0300. The minimum atomic E-state index is -0.763. The van der Waals surface area contributed by atoms with Gasteiger partial charge in [-0.3, -0.25) is 9.36 Å². The highest BCUT2D eigenvalue weighted by Crippen LogP contribution is 2.23. The monoisotopic (exact) mass is 416 g/mol. The van der Waals surface area contributed by atoms with Gasteiger partial charge in [-0.1, -0.05) is 49.0 Å². The molecule has 1 N–H and O–H groups in total. The van der Waals surface area contributed by atoms with Gasteiger partial charge in [-0.05, 0) is 31.5 Å². The lowest BCUT2D eigenvalue weighted by atomic mass is 10.2. The Bertz CT molecular complexity index is 1020. The number of halogens is 1. The van der Waals surface area contributed by atoms with Crippen LogP contribution >= 0.6 is 11.8 Å². The Hall–Kier alpha value is -2.22. The highest BCUT2D eigenvalue weighted by molar-refractivity contribution is 7.99. The Balaban J connectivity index is 1.67. The number of benzene rings is 2. The van der Waals surface area contributed by atoms with Crippen molar-refractivity contribution < 1.29 is 14.2 Å². The summed E-state index contributed by atoms with van der Waals surface area (Å²) in [5.74, 6) is -0.00678. The maximum atomic E-state index is 13.6. The number of aromatic nitrogens is 2. The molecule has 154 valence electrons. The second-order valence-corrected chi connectivity index (χ2v) is 7.90. The quantitative estimate of drug-likeness (QED) is 0.419. The molecule has 1 aromatic heterocycles. The number of fused-ring (bicyclic) bond motifs is 1. The molecule has 0 aliphatic carbocycles. The van der Waals surface area contributed by atoms with E-state index in [1.807, 2.05) is 32.0 Å². The van der Waals surface area contributed by atoms with E-state index < -0.39 is 6.10 Å². The Morgan fingerprint density at radius 2 is 1.93 bits per heavy atom. The zero-order valence-corrected chi connectivity index (χ0v) is 17.4. The van der Waals surface area contributed by atoms with Crippen LogP contribution in [0.2, 0.25) is 0 Å². The van der Waals surface area contributed by atoms with Gasteiger partial charge in [-0.15, -0.1) is 0 Å². The van der Waals surface area contributed by atoms with Crippen molar-refractivity contribution in [2.45, 2.75) is 44.2 Å². The second-order valence-electron chi connectivity index (χ2n) is 6.92. The van der Waals surface area contributed by atoms with Crippen LogP contribution in [-0.4, -0.2) is 33.1 Å². The van der Waals surface area contributed by atoms with Gasteiger partial charge in [0.25, 0.3) is 5.56 Å². The molecule has 0 bridgehead atoms. The van der Waals surface area contributed by atoms with Gasteiger partial charge in [0.15, 0.2) is 5.16 Å². The van der Waals surface area contributed by atoms with Crippen molar-refractivity contribution in [2.24, 2.45) is 0 Å². The van der Waals surface area contributed by atoms with Crippen LogP contribution in [0.25, 0.3) is 10.9 Å². The molecule has 1 heterocycles. The lowest BCUT2D eigenvalue weighted by Crippen LogP contribution is -2.27. The van der Waals surface area contributed by atoms with Crippen LogP contribution in [0.4, 0.5) is 4.39 Å². The van der Waals surface area contributed by atoms with Crippen LogP contribution in [-0.2, 0) is 11.3 Å². The third-order valence-electron chi connectivity index (χ3n) is 4.74. The lowest BCUT2D eigenvalue weighted by Gasteiger charge is -2.19. The Kier molecular flexibility index (Phi) is 7.41. The summed E-state index contributed by atoms with van der Waals surface area (Å²) < 4.78 is 20.8. The molecule has 0 fully saturated rings. The molecule has 0 aliphatic rings. The van der Waals surface area contributed by atoms with E-state index >= 15 is 0 Å². The molecule has 0 amide bonds. The van der Waals surface area contributed by atoms with Crippen molar-refractivity contribution in [1.29, 1.82) is 0 Å². The van der Waals surface area contributed by atoms with Gasteiger partial charge in [-0.25, -0.2) is 9.37 Å². The highest BCUT2D eigenvalue weighted by atomic mass is 32.2. The van der Waals surface area contributed by atoms with Gasteiger partial charge in [-0.2, -0.15) is 0 Å². The number of hydrogen-bond donors (Lipinski definition) is 1. The normalized spacial score (nSPS) is 13.5. The van der Waals surface area contributed by atoms with Crippen LogP contribution in [0.3, 0.4) is 0 Å². The first-order valence-corrected chi connectivity index (χ1v) is 10.6. The van der Waals surface area contributed by atoms with Crippen molar-refractivity contribution in [2.75, 3.05) is 12.4 Å².